The van der Waals surface area contributed by atoms with Gasteiger partial charge in [0, 0.05) is 26.1 Å². The van der Waals surface area contributed by atoms with Crippen molar-refractivity contribution in [2.24, 2.45) is 5.92 Å². The van der Waals surface area contributed by atoms with Crippen LogP contribution in [-0.2, 0) is 19.1 Å². The summed E-state index contributed by atoms with van der Waals surface area (Å²) in [4.78, 5) is 39.0. The minimum absolute atomic E-state index is 0.0504. The van der Waals surface area contributed by atoms with E-state index in [0.717, 1.165) is 22.3 Å². The molecule has 2 aromatic carbocycles. The second-order valence-electron chi connectivity index (χ2n) is 8.77. The maximum Gasteiger partial charge on any atom is 0.407 e. The second kappa shape index (κ2) is 11.1. The molecule has 2 amide bonds. The number of fused-ring (bicyclic) bond motifs is 3. The number of hydrogen-bond donors (Lipinski definition) is 2. The van der Waals surface area contributed by atoms with Crippen molar-refractivity contribution in [3.63, 3.8) is 0 Å². The minimum atomic E-state index is -1.00. The highest BCUT2D eigenvalue weighted by atomic mass is 32.2. The van der Waals surface area contributed by atoms with E-state index in [1.165, 1.54) is 12.0 Å². The molecule has 1 heterocycles. The Morgan fingerprint density at radius 1 is 1.09 bits per heavy atom. The number of benzene rings is 2. The molecule has 4 rings (SSSR count). The fraction of sp³-hybridized carbons (Fsp3) is 0.423. The Balaban J connectivity index is 1.41. The molecule has 0 aromatic heterocycles. The third kappa shape index (κ3) is 5.31. The van der Waals surface area contributed by atoms with Crippen LogP contribution in [0.15, 0.2) is 48.5 Å². The number of nitrogens with one attached hydrogen (secondary N) is 1. The van der Waals surface area contributed by atoms with Gasteiger partial charge in [-0.1, -0.05) is 48.5 Å². The predicted molar refractivity (Wildman–Crippen MR) is 133 cm³/mol. The van der Waals surface area contributed by atoms with Crippen LogP contribution in [0.4, 0.5) is 4.79 Å². The van der Waals surface area contributed by atoms with Crippen LogP contribution in [-0.4, -0.2) is 78.9 Å². The van der Waals surface area contributed by atoms with Crippen LogP contribution in [0.1, 0.15) is 23.5 Å². The van der Waals surface area contributed by atoms with Crippen LogP contribution >= 0.6 is 11.8 Å². The summed E-state index contributed by atoms with van der Waals surface area (Å²) in [5.41, 5.74) is 4.50. The third-order valence-corrected chi connectivity index (χ3v) is 7.39. The highest BCUT2D eigenvalue weighted by Gasteiger charge is 2.42. The first-order valence-corrected chi connectivity index (χ1v) is 13.0. The molecular weight excluding hydrogens is 468 g/mol. The van der Waals surface area contributed by atoms with Gasteiger partial charge in [0.1, 0.15) is 18.6 Å². The van der Waals surface area contributed by atoms with Crippen LogP contribution in [0.5, 0.6) is 0 Å². The Labute approximate surface area is 209 Å². The molecule has 186 valence electrons. The molecule has 0 spiro atoms. The summed E-state index contributed by atoms with van der Waals surface area (Å²) in [5, 5.41) is 12.2. The molecule has 9 heteroatoms. The van der Waals surface area contributed by atoms with Gasteiger partial charge in [-0.25, -0.2) is 4.79 Å². The van der Waals surface area contributed by atoms with Crippen molar-refractivity contribution in [1.82, 2.24) is 10.2 Å². The van der Waals surface area contributed by atoms with Gasteiger partial charge < -0.3 is 24.8 Å². The van der Waals surface area contributed by atoms with E-state index in [1.807, 2.05) is 42.7 Å². The molecule has 0 saturated carbocycles. The first kappa shape index (κ1) is 25.1. The highest BCUT2D eigenvalue weighted by Crippen LogP contribution is 2.44. The fourth-order valence-corrected chi connectivity index (χ4v) is 5.40. The topological polar surface area (TPSA) is 105 Å². The van der Waals surface area contributed by atoms with Crippen molar-refractivity contribution in [1.29, 1.82) is 0 Å². The third-order valence-electron chi connectivity index (χ3n) is 6.74. The zero-order chi connectivity index (χ0) is 24.9. The maximum atomic E-state index is 13.2. The molecule has 3 atom stereocenters. The normalized spacial score (nSPS) is 19.7. The smallest absolute Gasteiger partial charge is 0.407 e. The van der Waals surface area contributed by atoms with Gasteiger partial charge in [-0.15, -0.1) is 0 Å². The van der Waals surface area contributed by atoms with Gasteiger partial charge in [0.05, 0.1) is 6.10 Å². The summed E-state index contributed by atoms with van der Waals surface area (Å²) >= 11 is 1.56. The number of thioether (sulfide) groups is 1. The van der Waals surface area contributed by atoms with Gasteiger partial charge in [0.25, 0.3) is 0 Å². The van der Waals surface area contributed by atoms with Crippen molar-refractivity contribution >= 4 is 29.7 Å². The predicted octanol–water partition coefficient (Wildman–Crippen LogP) is 3.20. The number of carboxylic acid groups (broad SMARTS) is 1. The largest absolute Gasteiger partial charge is 0.481 e. The van der Waals surface area contributed by atoms with Crippen molar-refractivity contribution in [3.8, 4) is 11.1 Å². The van der Waals surface area contributed by atoms with E-state index in [1.54, 1.807) is 11.8 Å². The zero-order valence-corrected chi connectivity index (χ0v) is 20.6. The Kier molecular flexibility index (Phi) is 7.97. The first-order valence-electron chi connectivity index (χ1n) is 11.6. The number of carboxylic acids is 1. The van der Waals surface area contributed by atoms with E-state index < -0.39 is 30.1 Å². The van der Waals surface area contributed by atoms with Crippen LogP contribution in [0, 0.1) is 5.92 Å². The second-order valence-corrected chi connectivity index (χ2v) is 9.75. The summed E-state index contributed by atoms with van der Waals surface area (Å²) in [5.74, 6) is -1.54. The quantitative estimate of drug-likeness (QED) is 0.547. The van der Waals surface area contributed by atoms with Gasteiger partial charge >= 0.3 is 12.1 Å². The van der Waals surface area contributed by atoms with E-state index in [2.05, 4.69) is 17.4 Å². The van der Waals surface area contributed by atoms with E-state index in [9.17, 15) is 19.5 Å². The molecule has 35 heavy (non-hydrogen) atoms. The van der Waals surface area contributed by atoms with Crippen molar-refractivity contribution in [2.45, 2.75) is 24.5 Å². The van der Waals surface area contributed by atoms with Crippen LogP contribution in [0.3, 0.4) is 0 Å². The number of methoxy groups -OCH3 is 1. The molecule has 0 bridgehead atoms. The van der Waals surface area contributed by atoms with Crippen LogP contribution < -0.4 is 5.32 Å². The molecule has 1 aliphatic heterocycles. The van der Waals surface area contributed by atoms with Gasteiger partial charge in [0.15, 0.2) is 0 Å². The summed E-state index contributed by atoms with van der Waals surface area (Å²) in [6, 6.07) is 15.4. The number of nitrogens with zero attached hydrogens (tertiary/aromatic N) is 1. The molecule has 8 nitrogen and oxygen atoms in total. The van der Waals surface area contributed by atoms with Gasteiger partial charge in [-0.3, -0.25) is 9.59 Å². The number of likely N-dealkylation sites (tertiary alicyclic amines) is 1. The Morgan fingerprint density at radius 3 is 2.26 bits per heavy atom. The monoisotopic (exact) mass is 498 g/mol. The fourth-order valence-electron chi connectivity index (χ4n) is 4.93. The number of carbonyl (C=O) groups excluding carboxylic acids is 2. The Hall–Kier alpha value is -3.04. The molecule has 0 radical (unpaired) electrons. The molecule has 1 aliphatic carbocycles. The number of carbonyl (C=O) groups is 3. The van der Waals surface area contributed by atoms with E-state index in [-0.39, 0.29) is 31.5 Å². The Bertz CT molecular complexity index is 1050. The molecule has 2 unspecified atom stereocenters. The number of ether oxygens (including phenoxy) is 2. The number of hydrogen-bond acceptors (Lipinski definition) is 6. The lowest BCUT2D eigenvalue weighted by molar-refractivity contribution is -0.144. The average Bonchev–Trinajstić information content (AvgIpc) is 3.45. The number of alkyl carbamates (subject to hydrolysis) is 1. The SMILES string of the molecule is COC1CN(C(=O)[C@@H](CCSC)NC(=O)OCC2c3ccccc3-c3ccccc32)CC1C(=O)O. The lowest BCUT2D eigenvalue weighted by atomic mass is 9.98. The summed E-state index contributed by atoms with van der Waals surface area (Å²) in [6.07, 6.45) is 1.10. The molecule has 2 aromatic rings. The standard InChI is InChI=1S/C26H30N2O6S/c1-33-23-14-28(13-20(23)25(30)31)24(29)22(11-12-35-2)27-26(32)34-15-21-18-9-5-3-7-16(18)17-8-4-6-10-19(17)21/h3-10,20-23H,11-15H2,1-2H3,(H,27,32)(H,30,31)/t20?,22-,23?/m1/s1. The number of amides is 2. The van der Waals surface area contributed by atoms with Gasteiger partial charge in [-0.05, 0) is 40.7 Å². The van der Waals surface area contributed by atoms with E-state index in [4.69, 9.17) is 9.47 Å². The number of rotatable bonds is 9. The molecule has 1 fully saturated rings. The van der Waals surface area contributed by atoms with Crippen LogP contribution in [0.25, 0.3) is 11.1 Å². The molecular formula is C26H30N2O6S. The van der Waals surface area contributed by atoms with Crippen molar-refractivity contribution < 1.29 is 29.0 Å². The van der Waals surface area contributed by atoms with E-state index in [0.29, 0.717) is 12.2 Å². The minimum Gasteiger partial charge on any atom is -0.481 e. The van der Waals surface area contributed by atoms with Crippen molar-refractivity contribution in [3.05, 3.63) is 59.7 Å². The summed E-state index contributed by atoms with van der Waals surface area (Å²) < 4.78 is 10.9. The first-order chi connectivity index (χ1) is 16.9. The zero-order valence-electron chi connectivity index (χ0n) is 19.8. The average molecular weight is 499 g/mol. The molecule has 1 saturated heterocycles. The maximum absolute atomic E-state index is 13.2. The van der Waals surface area contributed by atoms with Crippen LogP contribution in [0.2, 0.25) is 0 Å². The number of aliphatic carboxylic acids is 1. The summed E-state index contributed by atoms with van der Waals surface area (Å²) in [6.45, 7) is 0.378. The molecule has 2 aliphatic rings. The summed E-state index contributed by atoms with van der Waals surface area (Å²) in [7, 11) is 1.44. The lowest BCUT2D eigenvalue weighted by Crippen LogP contribution is -2.48. The lowest BCUT2D eigenvalue weighted by Gasteiger charge is -2.24. The highest BCUT2D eigenvalue weighted by molar-refractivity contribution is 7.98. The Morgan fingerprint density at radius 2 is 1.71 bits per heavy atom. The van der Waals surface area contributed by atoms with Gasteiger partial charge in [0.2, 0.25) is 5.91 Å². The molecule has 2 N–H and O–H groups in total. The van der Waals surface area contributed by atoms with E-state index >= 15 is 0 Å². The van der Waals surface area contributed by atoms with Gasteiger partial charge in [-0.2, -0.15) is 11.8 Å². The van der Waals surface area contributed by atoms with Crippen molar-refractivity contribution in [2.75, 3.05) is 38.8 Å².